The number of benzene rings is 1. The van der Waals surface area contributed by atoms with Crippen molar-refractivity contribution in [3.8, 4) is 0 Å². The summed E-state index contributed by atoms with van der Waals surface area (Å²) in [6.07, 6.45) is 2.06. The van der Waals surface area contributed by atoms with E-state index in [2.05, 4.69) is 18.0 Å². The molecule has 0 aliphatic heterocycles. The number of carbonyl (C=O) groups is 1. The average Bonchev–Trinajstić information content (AvgIpc) is 2.82. The summed E-state index contributed by atoms with van der Waals surface area (Å²) in [7, 11) is 2.06. The van der Waals surface area contributed by atoms with Crippen LogP contribution in [0.1, 0.15) is 36.5 Å². The highest BCUT2D eigenvalue weighted by atomic mass is 16.5. The lowest BCUT2D eigenvalue weighted by molar-refractivity contribution is -0.137. The zero-order chi connectivity index (χ0) is 16.2. The molecule has 5 heteroatoms. The highest BCUT2D eigenvalue weighted by Crippen LogP contribution is 2.37. The van der Waals surface area contributed by atoms with Crippen molar-refractivity contribution in [2.75, 3.05) is 26.8 Å². The van der Waals surface area contributed by atoms with Crippen molar-refractivity contribution < 1.29 is 14.6 Å². The monoisotopic (exact) mass is 306 g/mol. The van der Waals surface area contributed by atoms with Crippen molar-refractivity contribution in [2.24, 2.45) is 5.73 Å². The fraction of sp³-hybridized carbons (Fsp3) is 0.588. The first-order valence-corrected chi connectivity index (χ1v) is 7.88. The highest BCUT2D eigenvalue weighted by molar-refractivity contribution is 5.86. The number of primary amides is 1. The van der Waals surface area contributed by atoms with E-state index in [-0.39, 0.29) is 0 Å². The van der Waals surface area contributed by atoms with Gasteiger partial charge in [0.2, 0.25) is 0 Å². The fourth-order valence-electron chi connectivity index (χ4n) is 3.00. The SMILES string of the molecule is CCOCCCN(C)Cc1ccc2c(c1)[C@@](O)(C(N)=O)CC2. The van der Waals surface area contributed by atoms with Gasteiger partial charge in [-0.25, -0.2) is 0 Å². The van der Waals surface area contributed by atoms with Gasteiger partial charge in [0.05, 0.1) is 0 Å². The van der Waals surface area contributed by atoms with Crippen LogP contribution in [0.25, 0.3) is 0 Å². The van der Waals surface area contributed by atoms with E-state index in [0.717, 1.165) is 43.9 Å². The van der Waals surface area contributed by atoms with Crippen molar-refractivity contribution in [3.05, 3.63) is 34.9 Å². The van der Waals surface area contributed by atoms with E-state index in [1.807, 2.05) is 19.1 Å². The molecule has 0 spiro atoms. The van der Waals surface area contributed by atoms with Gasteiger partial charge in [-0.3, -0.25) is 4.79 Å². The third-order valence-corrected chi connectivity index (χ3v) is 4.27. The van der Waals surface area contributed by atoms with E-state index < -0.39 is 11.5 Å². The molecule has 1 aliphatic carbocycles. The third-order valence-electron chi connectivity index (χ3n) is 4.27. The summed E-state index contributed by atoms with van der Waals surface area (Å²) in [5.41, 5.74) is 6.66. The molecule has 0 aromatic heterocycles. The molecular formula is C17H26N2O3. The molecule has 1 amide bonds. The van der Waals surface area contributed by atoms with Crippen LogP contribution < -0.4 is 5.73 Å². The van der Waals surface area contributed by atoms with Crippen LogP contribution in [0.5, 0.6) is 0 Å². The summed E-state index contributed by atoms with van der Waals surface area (Å²) in [5, 5.41) is 10.5. The second-order valence-corrected chi connectivity index (χ2v) is 6.00. The largest absolute Gasteiger partial charge is 0.382 e. The molecule has 0 bridgehead atoms. The standard InChI is InChI=1S/C17H26N2O3/c1-3-22-10-4-9-19(2)12-13-5-6-14-7-8-17(21,16(18)20)15(14)11-13/h5-6,11,21H,3-4,7-10,12H2,1-2H3,(H2,18,20)/t17-/m1/s1. The van der Waals surface area contributed by atoms with Crippen LogP contribution in [0.2, 0.25) is 0 Å². The Bertz CT molecular complexity index is 533. The van der Waals surface area contributed by atoms with Gasteiger partial charge in [0.1, 0.15) is 0 Å². The molecule has 2 rings (SSSR count). The van der Waals surface area contributed by atoms with Crippen molar-refractivity contribution in [1.29, 1.82) is 0 Å². The Morgan fingerprint density at radius 3 is 2.95 bits per heavy atom. The van der Waals surface area contributed by atoms with Crippen molar-refractivity contribution >= 4 is 5.91 Å². The number of hydrogen-bond acceptors (Lipinski definition) is 4. The molecular weight excluding hydrogens is 280 g/mol. The average molecular weight is 306 g/mol. The van der Waals surface area contributed by atoms with E-state index in [9.17, 15) is 9.90 Å². The lowest BCUT2D eigenvalue weighted by Gasteiger charge is -2.21. The first-order valence-electron chi connectivity index (χ1n) is 7.88. The Morgan fingerprint density at radius 1 is 1.50 bits per heavy atom. The Hall–Kier alpha value is -1.43. The summed E-state index contributed by atoms with van der Waals surface area (Å²) in [6.45, 7) is 5.23. The molecule has 0 saturated carbocycles. The van der Waals surface area contributed by atoms with Gasteiger partial charge in [-0.2, -0.15) is 0 Å². The van der Waals surface area contributed by atoms with Crippen LogP contribution in [0.3, 0.4) is 0 Å². The molecule has 1 aromatic rings. The normalized spacial score (nSPS) is 20.4. The third kappa shape index (κ3) is 3.66. The first-order chi connectivity index (χ1) is 10.5. The second kappa shape index (κ2) is 7.22. The summed E-state index contributed by atoms with van der Waals surface area (Å²) < 4.78 is 5.34. The molecule has 0 fully saturated rings. The maximum atomic E-state index is 11.6. The number of hydrogen-bond donors (Lipinski definition) is 2. The summed E-state index contributed by atoms with van der Waals surface area (Å²) in [5.74, 6) is -0.659. The van der Waals surface area contributed by atoms with Gasteiger partial charge in [-0.1, -0.05) is 18.2 Å². The molecule has 0 heterocycles. The molecule has 22 heavy (non-hydrogen) atoms. The number of amides is 1. The van der Waals surface area contributed by atoms with Gasteiger partial charge >= 0.3 is 0 Å². The molecule has 3 N–H and O–H groups in total. The number of fused-ring (bicyclic) bond motifs is 1. The Kier molecular flexibility index (Phi) is 5.56. The van der Waals surface area contributed by atoms with E-state index in [1.54, 1.807) is 0 Å². The first kappa shape index (κ1) is 16.9. The number of nitrogens with two attached hydrogens (primary N) is 1. The zero-order valence-corrected chi connectivity index (χ0v) is 13.5. The minimum atomic E-state index is -1.50. The van der Waals surface area contributed by atoms with Crippen molar-refractivity contribution in [1.82, 2.24) is 4.90 Å². The lowest BCUT2D eigenvalue weighted by Crippen LogP contribution is -2.39. The molecule has 0 unspecified atom stereocenters. The van der Waals surface area contributed by atoms with Gasteiger partial charge in [0.25, 0.3) is 5.91 Å². The molecule has 122 valence electrons. The van der Waals surface area contributed by atoms with E-state index in [0.29, 0.717) is 18.4 Å². The minimum absolute atomic E-state index is 0.380. The van der Waals surface area contributed by atoms with Crippen molar-refractivity contribution in [3.63, 3.8) is 0 Å². The van der Waals surface area contributed by atoms with Crippen LogP contribution in [0, 0.1) is 0 Å². The molecule has 5 nitrogen and oxygen atoms in total. The van der Waals surface area contributed by atoms with Gasteiger partial charge in [-0.15, -0.1) is 0 Å². The lowest BCUT2D eigenvalue weighted by atomic mass is 9.94. The van der Waals surface area contributed by atoms with Crippen LogP contribution in [0.15, 0.2) is 18.2 Å². The predicted molar refractivity (Wildman–Crippen MR) is 85.3 cm³/mol. The Labute approximate surface area is 132 Å². The van der Waals surface area contributed by atoms with Gasteiger partial charge < -0.3 is 20.5 Å². The fourth-order valence-corrected chi connectivity index (χ4v) is 3.00. The molecule has 0 radical (unpaired) electrons. The maximum Gasteiger partial charge on any atom is 0.254 e. The number of aliphatic hydroxyl groups is 1. The number of ether oxygens (including phenoxy) is 1. The summed E-state index contributed by atoms with van der Waals surface area (Å²) >= 11 is 0. The second-order valence-electron chi connectivity index (χ2n) is 6.00. The van der Waals surface area contributed by atoms with E-state index >= 15 is 0 Å². The molecule has 1 aromatic carbocycles. The number of aryl methyl sites for hydroxylation is 1. The zero-order valence-electron chi connectivity index (χ0n) is 13.5. The summed E-state index contributed by atoms with van der Waals surface area (Å²) in [6, 6.07) is 5.98. The van der Waals surface area contributed by atoms with E-state index in [4.69, 9.17) is 10.5 Å². The number of nitrogens with zero attached hydrogens (tertiary/aromatic N) is 1. The van der Waals surface area contributed by atoms with Gasteiger partial charge in [0, 0.05) is 26.3 Å². The number of carbonyl (C=O) groups excluding carboxylic acids is 1. The van der Waals surface area contributed by atoms with Crippen LogP contribution >= 0.6 is 0 Å². The van der Waals surface area contributed by atoms with E-state index in [1.165, 1.54) is 0 Å². The molecule has 1 atom stereocenters. The Balaban J connectivity index is 2.01. The predicted octanol–water partition coefficient (Wildman–Crippen LogP) is 1.16. The Morgan fingerprint density at radius 2 is 2.27 bits per heavy atom. The highest BCUT2D eigenvalue weighted by Gasteiger charge is 2.42. The van der Waals surface area contributed by atoms with Crippen LogP contribution in [-0.4, -0.2) is 42.7 Å². The summed E-state index contributed by atoms with van der Waals surface area (Å²) in [4.78, 5) is 13.8. The van der Waals surface area contributed by atoms with Crippen molar-refractivity contribution in [2.45, 2.75) is 38.3 Å². The van der Waals surface area contributed by atoms with Gasteiger partial charge in [0.15, 0.2) is 5.60 Å². The minimum Gasteiger partial charge on any atom is -0.382 e. The van der Waals surface area contributed by atoms with Crippen LogP contribution in [-0.2, 0) is 28.1 Å². The topological polar surface area (TPSA) is 75.8 Å². The maximum absolute atomic E-state index is 11.6. The smallest absolute Gasteiger partial charge is 0.254 e. The van der Waals surface area contributed by atoms with Crippen LogP contribution in [0.4, 0.5) is 0 Å². The molecule has 0 saturated heterocycles. The van der Waals surface area contributed by atoms with Gasteiger partial charge in [-0.05, 0) is 49.9 Å². The quantitative estimate of drug-likeness (QED) is 0.707. The molecule has 1 aliphatic rings. The number of rotatable bonds is 8.